The van der Waals surface area contributed by atoms with Crippen LogP contribution in [0.2, 0.25) is 0 Å². The summed E-state index contributed by atoms with van der Waals surface area (Å²) in [4.78, 5) is 39.3. The standard InChI is InChI=1S/C10H18O6/c1-3-9(11)15-13-7-5-6-8-14-16-10(12)4-2/h3-8H2,1-2H3. The first-order chi connectivity index (χ1) is 7.70. The molecule has 0 bridgehead atoms. The second-order valence-corrected chi connectivity index (χ2v) is 2.97. The second-order valence-electron chi connectivity index (χ2n) is 2.97. The lowest BCUT2D eigenvalue weighted by Crippen LogP contribution is -2.07. The highest BCUT2D eigenvalue weighted by Gasteiger charge is 2.00. The van der Waals surface area contributed by atoms with Gasteiger partial charge in [0.2, 0.25) is 0 Å². The van der Waals surface area contributed by atoms with Gasteiger partial charge in [-0.2, -0.15) is 9.78 Å². The molecule has 0 aliphatic heterocycles. The minimum Gasteiger partial charge on any atom is -0.298 e. The minimum absolute atomic E-state index is 0.288. The summed E-state index contributed by atoms with van der Waals surface area (Å²) in [5, 5.41) is 0. The van der Waals surface area contributed by atoms with E-state index in [1.807, 2.05) is 0 Å². The van der Waals surface area contributed by atoms with E-state index in [0.717, 1.165) is 0 Å². The highest BCUT2D eigenvalue weighted by molar-refractivity contribution is 5.68. The number of carbonyl (C=O) groups excluding carboxylic acids is 2. The van der Waals surface area contributed by atoms with Gasteiger partial charge in [0.25, 0.3) is 0 Å². The topological polar surface area (TPSA) is 71.1 Å². The first-order valence-electron chi connectivity index (χ1n) is 5.35. The van der Waals surface area contributed by atoms with Crippen molar-refractivity contribution in [3.63, 3.8) is 0 Å². The molecule has 0 fully saturated rings. The van der Waals surface area contributed by atoms with E-state index in [1.165, 1.54) is 0 Å². The Morgan fingerprint density at radius 2 is 1.19 bits per heavy atom. The number of carbonyl (C=O) groups is 2. The fourth-order valence-electron chi connectivity index (χ4n) is 0.655. The fraction of sp³-hybridized carbons (Fsp3) is 0.800. The summed E-state index contributed by atoms with van der Waals surface area (Å²) < 4.78 is 0. The van der Waals surface area contributed by atoms with E-state index >= 15 is 0 Å². The molecule has 0 atom stereocenters. The smallest absolute Gasteiger partial charge is 0.298 e. The maximum Gasteiger partial charge on any atom is 0.342 e. The van der Waals surface area contributed by atoms with Gasteiger partial charge in [-0.25, -0.2) is 9.59 Å². The molecule has 0 aromatic heterocycles. The van der Waals surface area contributed by atoms with Crippen molar-refractivity contribution in [3.05, 3.63) is 0 Å². The first kappa shape index (κ1) is 14.9. The normalized spacial score (nSPS) is 9.88. The summed E-state index contributed by atoms with van der Waals surface area (Å²) in [6, 6.07) is 0. The van der Waals surface area contributed by atoms with Crippen LogP contribution in [-0.4, -0.2) is 25.2 Å². The molecule has 0 rings (SSSR count). The van der Waals surface area contributed by atoms with Gasteiger partial charge in [0.05, 0.1) is 13.2 Å². The largest absolute Gasteiger partial charge is 0.342 e. The third kappa shape index (κ3) is 9.42. The molecule has 0 radical (unpaired) electrons. The van der Waals surface area contributed by atoms with Gasteiger partial charge in [0.1, 0.15) is 0 Å². The second kappa shape index (κ2) is 10.4. The van der Waals surface area contributed by atoms with Gasteiger partial charge >= 0.3 is 11.9 Å². The van der Waals surface area contributed by atoms with E-state index in [-0.39, 0.29) is 12.8 Å². The number of hydrogen-bond acceptors (Lipinski definition) is 6. The zero-order chi connectivity index (χ0) is 12.2. The predicted octanol–water partition coefficient (Wildman–Crippen LogP) is 1.54. The van der Waals surface area contributed by atoms with Crippen LogP contribution in [0.25, 0.3) is 0 Å². The molecular weight excluding hydrogens is 216 g/mol. The molecule has 0 N–H and O–H groups in total. The maximum absolute atomic E-state index is 10.6. The van der Waals surface area contributed by atoms with Gasteiger partial charge in [-0.3, -0.25) is 9.78 Å². The van der Waals surface area contributed by atoms with Crippen molar-refractivity contribution < 1.29 is 29.1 Å². The molecule has 0 aliphatic rings. The SMILES string of the molecule is CCC(=O)OOCCCCOOC(=O)CC. The van der Waals surface area contributed by atoms with Crippen LogP contribution < -0.4 is 0 Å². The van der Waals surface area contributed by atoms with Crippen molar-refractivity contribution in [1.29, 1.82) is 0 Å². The Bertz CT molecular complexity index is 181. The van der Waals surface area contributed by atoms with Crippen LogP contribution in [0.3, 0.4) is 0 Å². The molecule has 6 nitrogen and oxygen atoms in total. The van der Waals surface area contributed by atoms with Crippen molar-refractivity contribution in [2.24, 2.45) is 0 Å². The van der Waals surface area contributed by atoms with Crippen LogP contribution in [0, 0.1) is 0 Å². The molecule has 16 heavy (non-hydrogen) atoms. The highest BCUT2D eigenvalue weighted by atomic mass is 17.2. The summed E-state index contributed by atoms with van der Waals surface area (Å²) in [7, 11) is 0. The molecular formula is C10H18O6. The number of rotatable bonds is 9. The molecule has 0 aliphatic carbocycles. The van der Waals surface area contributed by atoms with Gasteiger partial charge in [0, 0.05) is 12.8 Å². The molecule has 0 heterocycles. The third-order valence-electron chi connectivity index (χ3n) is 1.59. The molecule has 0 aromatic rings. The average Bonchev–Trinajstić information content (AvgIpc) is 2.31. The molecule has 0 aromatic carbocycles. The van der Waals surface area contributed by atoms with E-state index in [1.54, 1.807) is 13.8 Å². The number of hydrogen-bond donors (Lipinski definition) is 0. The van der Waals surface area contributed by atoms with Crippen LogP contribution in [0.4, 0.5) is 0 Å². The minimum atomic E-state index is -0.395. The van der Waals surface area contributed by atoms with E-state index in [4.69, 9.17) is 0 Å². The molecule has 0 saturated carbocycles. The van der Waals surface area contributed by atoms with Gasteiger partial charge in [-0.05, 0) is 12.8 Å². The van der Waals surface area contributed by atoms with Gasteiger partial charge in [-0.15, -0.1) is 0 Å². The summed E-state index contributed by atoms with van der Waals surface area (Å²) in [6.07, 6.45) is 1.88. The summed E-state index contributed by atoms with van der Waals surface area (Å²) >= 11 is 0. The summed E-state index contributed by atoms with van der Waals surface area (Å²) in [5.41, 5.74) is 0. The van der Waals surface area contributed by atoms with Crippen LogP contribution >= 0.6 is 0 Å². The highest BCUT2D eigenvalue weighted by Crippen LogP contribution is 1.95. The maximum atomic E-state index is 10.6. The lowest BCUT2D eigenvalue weighted by Gasteiger charge is -2.03. The van der Waals surface area contributed by atoms with Crippen molar-refractivity contribution >= 4 is 11.9 Å². The van der Waals surface area contributed by atoms with Crippen molar-refractivity contribution in [3.8, 4) is 0 Å². The molecule has 0 spiro atoms. The van der Waals surface area contributed by atoms with Crippen molar-refractivity contribution in [2.75, 3.05) is 13.2 Å². The Labute approximate surface area is 94.7 Å². The lowest BCUT2D eigenvalue weighted by molar-refractivity contribution is -0.280. The molecule has 94 valence electrons. The van der Waals surface area contributed by atoms with Crippen molar-refractivity contribution in [1.82, 2.24) is 0 Å². The number of unbranched alkanes of at least 4 members (excludes halogenated alkanes) is 1. The Morgan fingerprint density at radius 1 is 0.812 bits per heavy atom. The van der Waals surface area contributed by atoms with Crippen LogP contribution in [0.1, 0.15) is 39.5 Å². The Kier molecular flexibility index (Phi) is 9.64. The molecule has 0 saturated heterocycles. The van der Waals surface area contributed by atoms with Crippen LogP contribution in [0.5, 0.6) is 0 Å². The van der Waals surface area contributed by atoms with E-state index in [9.17, 15) is 9.59 Å². The van der Waals surface area contributed by atoms with Gasteiger partial charge < -0.3 is 0 Å². The Balaban J connectivity index is 3.10. The van der Waals surface area contributed by atoms with E-state index < -0.39 is 11.9 Å². The lowest BCUT2D eigenvalue weighted by atomic mass is 10.3. The summed E-state index contributed by atoms with van der Waals surface area (Å²) in [5.74, 6) is -0.791. The Hall–Kier alpha value is -1.14. The van der Waals surface area contributed by atoms with Gasteiger partial charge in [0.15, 0.2) is 0 Å². The quantitative estimate of drug-likeness (QED) is 0.342. The van der Waals surface area contributed by atoms with Gasteiger partial charge in [-0.1, -0.05) is 13.8 Å². The fourth-order valence-corrected chi connectivity index (χ4v) is 0.655. The predicted molar refractivity (Wildman–Crippen MR) is 53.9 cm³/mol. The summed E-state index contributed by atoms with van der Waals surface area (Å²) in [6.45, 7) is 3.97. The molecule has 0 unspecified atom stereocenters. The molecule has 6 heteroatoms. The molecule has 0 amide bonds. The first-order valence-corrected chi connectivity index (χ1v) is 5.35. The third-order valence-corrected chi connectivity index (χ3v) is 1.59. The van der Waals surface area contributed by atoms with Crippen LogP contribution in [-0.2, 0) is 29.1 Å². The monoisotopic (exact) mass is 234 g/mol. The average molecular weight is 234 g/mol. The van der Waals surface area contributed by atoms with E-state index in [2.05, 4.69) is 19.6 Å². The zero-order valence-corrected chi connectivity index (χ0v) is 9.69. The van der Waals surface area contributed by atoms with Crippen molar-refractivity contribution in [2.45, 2.75) is 39.5 Å². The van der Waals surface area contributed by atoms with E-state index in [0.29, 0.717) is 26.1 Å². The zero-order valence-electron chi connectivity index (χ0n) is 9.69. The van der Waals surface area contributed by atoms with Crippen LogP contribution in [0.15, 0.2) is 0 Å². The Morgan fingerprint density at radius 3 is 1.50 bits per heavy atom.